The van der Waals surface area contributed by atoms with Gasteiger partial charge in [-0.3, -0.25) is 9.69 Å². The molecule has 2 saturated heterocycles. The molecule has 3 heterocycles. The van der Waals surface area contributed by atoms with Crippen molar-refractivity contribution in [1.29, 1.82) is 0 Å². The molecule has 1 N–H and O–H groups in total. The van der Waals surface area contributed by atoms with Gasteiger partial charge in [-0.15, -0.1) is 0 Å². The Labute approximate surface area is 138 Å². The number of hydrogen-bond donors (Lipinski definition) is 1. The zero-order valence-corrected chi connectivity index (χ0v) is 13.8. The van der Waals surface area contributed by atoms with Gasteiger partial charge >= 0.3 is 0 Å². The minimum atomic E-state index is 0.121. The fourth-order valence-electron chi connectivity index (χ4n) is 4.13. The summed E-state index contributed by atoms with van der Waals surface area (Å²) >= 11 is 0. The van der Waals surface area contributed by atoms with E-state index in [1.807, 2.05) is 11.0 Å². The van der Waals surface area contributed by atoms with Crippen LogP contribution in [-0.4, -0.2) is 66.0 Å². The first-order valence-electron chi connectivity index (χ1n) is 9.04. The van der Waals surface area contributed by atoms with Gasteiger partial charge in [-0.25, -0.2) is 4.98 Å². The number of rotatable bonds is 2. The molecule has 3 aliphatic rings. The first-order chi connectivity index (χ1) is 11.3. The molecule has 1 unspecified atom stereocenters. The summed E-state index contributed by atoms with van der Waals surface area (Å²) in [5.41, 5.74) is 3.14. The predicted octanol–water partition coefficient (Wildman–Crippen LogP) is 1.08. The Morgan fingerprint density at radius 3 is 2.83 bits per heavy atom. The van der Waals surface area contributed by atoms with E-state index in [4.69, 9.17) is 0 Å². The highest BCUT2D eigenvalue weighted by molar-refractivity contribution is 5.92. The smallest absolute Gasteiger partial charge is 0.272 e. The van der Waals surface area contributed by atoms with Crippen LogP contribution in [0.3, 0.4) is 0 Å². The van der Waals surface area contributed by atoms with Gasteiger partial charge < -0.3 is 10.2 Å². The number of pyridine rings is 1. The number of carbonyl (C=O) groups excluding carboxylic acids is 1. The van der Waals surface area contributed by atoms with Gasteiger partial charge in [0.2, 0.25) is 0 Å². The van der Waals surface area contributed by atoms with Crippen LogP contribution in [0.4, 0.5) is 0 Å². The summed E-state index contributed by atoms with van der Waals surface area (Å²) < 4.78 is 0. The molecule has 0 saturated carbocycles. The number of nitrogens with one attached hydrogen (secondary N) is 1. The zero-order valence-electron chi connectivity index (χ0n) is 13.8. The van der Waals surface area contributed by atoms with Gasteiger partial charge in [-0.05, 0) is 43.7 Å². The molecule has 5 nitrogen and oxygen atoms in total. The normalized spacial score (nSPS) is 25.4. The quantitative estimate of drug-likeness (QED) is 0.887. The lowest BCUT2D eigenvalue weighted by Gasteiger charge is -2.32. The molecular weight excluding hydrogens is 288 g/mol. The molecule has 0 spiro atoms. The lowest BCUT2D eigenvalue weighted by molar-refractivity contribution is 0.0767. The number of piperazine rings is 1. The van der Waals surface area contributed by atoms with Gasteiger partial charge in [0.25, 0.3) is 5.91 Å². The maximum atomic E-state index is 12.8. The summed E-state index contributed by atoms with van der Waals surface area (Å²) in [4.78, 5) is 22.0. The van der Waals surface area contributed by atoms with Crippen LogP contribution >= 0.6 is 0 Å². The van der Waals surface area contributed by atoms with Crippen molar-refractivity contribution >= 4 is 5.91 Å². The molecular formula is C18H26N4O. The van der Waals surface area contributed by atoms with Gasteiger partial charge in [0.05, 0.1) is 0 Å². The number of fused-ring (bicyclic) bond motifs is 1. The number of hydrogen-bond acceptors (Lipinski definition) is 4. The highest BCUT2D eigenvalue weighted by atomic mass is 16.2. The van der Waals surface area contributed by atoms with Gasteiger partial charge in [0, 0.05) is 51.0 Å². The van der Waals surface area contributed by atoms with Gasteiger partial charge in [-0.1, -0.05) is 6.07 Å². The molecule has 1 atom stereocenters. The van der Waals surface area contributed by atoms with Crippen LogP contribution < -0.4 is 5.32 Å². The topological polar surface area (TPSA) is 48.5 Å². The monoisotopic (exact) mass is 314 g/mol. The largest absolute Gasteiger partial charge is 0.336 e. The second kappa shape index (κ2) is 6.57. The third-order valence-corrected chi connectivity index (χ3v) is 5.52. The van der Waals surface area contributed by atoms with Gasteiger partial charge in [-0.2, -0.15) is 0 Å². The fraction of sp³-hybridized carbons (Fsp3) is 0.667. The molecule has 5 heteroatoms. The number of amides is 1. The van der Waals surface area contributed by atoms with E-state index in [0.29, 0.717) is 11.7 Å². The van der Waals surface area contributed by atoms with Crippen LogP contribution in [0, 0.1) is 0 Å². The Kier molecular flexibility index (Phi) is 4.31. The maximum Gasteiger partial charge on any atom is 0.272 e. The molecule has 2 fully saturated rings. The van der Waals surface area contributed by atoms with E-state index in [1.165, 1.54) is 18.4 Å². The fourth-order valence-corrected chi connectivity index (χ4v) is 4.13. The van der Waals surface area contributed by atoms with Crippen LogP contribution in [-0.2, 0) is 12.8 Å². The summed E-state index contributed by atoms with van der Waals surface area (Å²) in [6.45, 7) is 6.06. The number of aromatic nitrogens is 1. The van der Waals surface area contributed by atoms with Crippen molar-refractivity contribution < 1.29 is 4.79 Å². The standard InChI is InChI=1S/C18H26N4O/c23-18(17-6-5-14-3-1-2-4-16(14)20-17)22-10-7-15(13-22)21-11-8-19-9-12-21/h5-6,15,19H,1-4,7-13H2. The molecule has 1 amide bonds. The molecule has 1 aliphatic carbocycles. The van der Waals surface area contributed by atoms with E-state index in [0.717, 1.165) is 64.2 Å². The predicted molar refractivity (Wildman–Crippen MR) is 89.6 cm³/mol. The number of nitrogens with zero attached hydrogens (tertiary/aromatic N) is 3. The van der Waals surface area contributed by atoms with Crippen LogP contribution in [0.15, 0.2) is 12.1 Å². The minimum absolute atomic E-state index is 0.121. The number of aryl methyl sites for hydroxylation is 2. The average molecular weight is 314 g/mol. The molecule has 2 aliphatic heterocycles. The highest BCUT2D eigenvalue weighted by Gasteiger charge is 2.32. The van der Waals surface area contributed by atoms with E-state index < -0.39 is 0 Å². The van der Waals surface area contributed by atoms with Gasteiger partial charge in [0.1, 0.15) is 5.69 Å². The second-order valence-electron chi connectivity index (χ2n) is 6.99. The van der Waals surface area contributed by atoms with E-state index in [1.54, 1.807) is 0 Å². The molecule has 1 aromatic heterocycles. The summed E-state index contributed by atoms with van der Waals surface area (Å²) in [6.07, 6.45) is 5.69. The van der Waals surface area contributed by atoms with Crippen molar-refractivity contribution in [3.05, 3.63) is 29.1 Å². The van der Waals surface area contributed by atoms with Gasteiger partial charge in [0.15, 0.2) is 0 Å². The summed E-state index contributed by atoms with van der Waals surface area (Å²) in [6, 6.07) is 4.59. The lowest BCUT2D eigenvalue weighted by atomic mass is 9.96. The molecule has 0 bridgehead atoms. The lowest BCUT2D eigenvalue weighted by Crippen LogP contribution is -2.49. The summed E-state index contributed by atoms with van der Waals surface area (Å²) in [7, 11) is 0. The van der Waals surface area contributed by atoms with Crippen molar-refractivity contribution in [2.45, 2.75) is 38.1 Å². The van der Waals surface area contributed by atoms with Crippen LogP contribution in [0.2, 0.25) is 0 Å². The van der Waals surface area contributed by atoms with Crippen LogP contribution in [0.1, 0.15) is 41.0 Å². The molecule has 124 valence electrons. The third-order valence-electron chi connectivity index (χ3n) is 5.52. The van der Waals surface area contributed by atoms with E-state index in [-0.39, 0.29) is 5.91 Å². The van der Waals surface area contributed by atoms with Crippen molar-refractivity contribution in [3.8, 4) is 0 Å². The minimum Gasteiger partial charge on any atom is -0.336 e. The first kappa shape index (κ1) is 15.1. The molecule has 0 aromatic carbocycles. The van der Waals surface area contributed by atoms with Crippen LogP contribution in [0.5, 0.6) is 0 Å². The molecule has 1 aromatic rings. The molecule has 4 rings (SSSR count). The Morgan fingerprint density at radius 2 is 1.96 bits per heavy atom. The zero-order chi connectivity index (χ0) is 15.6. The summed E-state index contributed by atoms with van der Waals surface area (Å²) in [5, 5.41) is 3.39. The van der Waals surface area contributed by atoms with E-state index in [9.17, 15) is 4.79 Å². The van der Waals surface area contributed by atoms with Crippen molar-refractivity contribution in [1.82, 2.24) is 20.1 Å². The Balaban J connectivity index is 1.43. The third kappa shape index (κ3) is 3.12. The van der Waals surface area contributed by atoms with E-state index >= 15 is 0 Å². The van der Waals surface area contributed by atoms with E-state index in [2.05, 4.69) is 21.3 Å². The van der Waals surface area contributed by atoms with Crippen LogP contribution in [0.25, 0.3) is 0 Å². The van der Waals surface area contributed by atoms with Crippen molar-refractivity contribution in [2.75, 3.05) is 39.3 Å². The first-order valence-corrected chi connectivity index (χ1v) is 9.04. The Hall–Kier alpha value is -1.46. The number of likely N-dealkylation sites (tertiary alicyclic amines) is 1. The maximum absolute atomic E-state index is 12.8. The van der Waals surface area contributed by atoms with Crippen molar-refractivity contribution in [2.24, 2.45) is 0 Å². The summed E-state index contributed by atoms with van der Waals surface area (Å²) in [5.74, 6) is 0.121. The Morgan fingerprint density at radius 1 is 1.13 bits per heavy atom. The average Bonchev–Trinajstić information content (AvgIpc) is 3.11. The SMILES string of the molecule is O=C(c1ccc2c(n1)CCCC2)N1CCC(N2CCNCC2)C1. The van der Waals surface area contributed by atoms with Crippen molar-refractivity contribution in [3.63, 3.8) is 0 Å². The highest BCUT2D eigenvalue weighted by Crippen LogP contribution is 2.22. The molecule has 23 heavy (non-hydrogen) atoms. The Bertz CT molecular complexity index is 582. The molecule has 0 radical (unpaired) electrons. The second-order valence-corrected chi connectivity index (χ2v) is 6.99. The number of carbonyl (C=O) groups is 1.